The molecule has 0 radical (unpaired) electrons. The Balaban J connectivity index is 1.22. The van der Waals surface area contributed by atoms with Crippen LogP contribution in [0.15, 0.2) is 73.1 Å². The summed E-state index contributed by atoms with van der Waals surface area (Å²) in [6.45, 7) is 4.68. The van der Waals surface area contributed by atoms with E-state index in [4.69, 9.17) is 0 Å². The summed E-state index contributed by atoms with van der Waals surface area (Å²) in [6.07, 6.45) is 3.81. The highest BCUT2D eigenvalue weighted by Gasteiger charge is 2.22. The Labute approximate surface area is 204 Å². The van der Waals surface area contributed by atoms with E-state index in [2.05, 4.69) is 32.3 Å². The first kappa shape index (κ1) is 23.8. The summed E-state index contributed by atoms with van der Waals surface area (Å²) in [5, 5.41) is 2.80. The number of nitrogens with zero attached hydrogens (tertiary/aromatic N) is 4. The van der Waals surface area contributed by atoms with E-state index >= 15 is 0 Å². The van der Waals surface area contributed by atoms with E-state index < -0.39 is 0 Å². The van der Waals surface area contributed by atoms with Gasteiger partial charge in [0.05, 0.1) is 11.7 Å². The maximum Gasteiger partial charge on any atom is 0.237 e. The van der Waals surface area contributed by atoms with Crippen molar-refractivity contribution in [3.8, 4) is 0 Å². The molecule has 1 aliphatic rings. The zero-order chi connectivity index (χ0) is 23.8. The van der Waals surface area contributed by atoms with Crippen LogP contribution in [-0.2, 0) is 21.8 Å². The molecule has 2 heterocycles. The maximum absolute atomic E-state index is 12.8. The van der Waals surface area contributed by atoms with Gasteiger partial charge in [0.1, 0.15) is 0 Å². The topological polar surface area (TPSA) is 78.4 Å². The zero-order valence-corrected chi connectivity index (χ0v) is 20.1. The lowest BCUT2D eigenvalue weighted by Gasteiger charge is -2.34. The third-order valence-corrected chi connectivity index (χ3v) is 6.97. The first-order chi connectivity index (χ1) is 16.6. The molecule has 0 saturated carbocycles. The van der Waals surface area contributed by atoms with Crippen LogP contribution in [0.1, 0.15) is 18.1 Å². The molecule has 4 rings (SSSR count). The van der Waals surface area contributed by atoms with Gasteiger partial charge in [0.25, 0.3) is 0 Å². The van der Waals surface area contributed by atoms with Crippen molar-refractivity contribution < 1.29 is 9.59 Å². The van der Waals surface area contributed by atoms with Gasteiger partial charge < -0.3 is 15.1 Å². The molecule has 7 nitrogen and oxygen atoms in total. The Morgan fingerprint density at radius 1 is 0.912 bits per heavy atom. The van der Waals surface area contributed by atoms with Crippen molar-refractivity contribution in [3.63, 3.8) is 0 Å². The molecule has 1 N–H and O–H groups in total. The first-order valence-electron chi connectivity index (χ1n) is 11.4. The highest BCUT2D eigenvalue weighted by atomic mass is 32.2. The molecule has 34 heavy (non-hydrogen) atoms. The Kier molecular flexibility index (Phi) is 8.14. The van der Waals surface area contributed by atoms with Crippen LogP contribution >= 0.6 is 11.8 Å². The SMILES string of the molecule is CC(SCc1ccccc1)C(=O)Nc1ccc(CC(=O)N2CCN(c3ncccn3)CC2)cc1. The normalized spacial score (nSPS) is 14.5. The molecule has 1 atom stereocenters. The third kappa shape index (κ3) is 6.57. The van der Waals surface area contributed by atoms with E-state index in [-0.39, 0.29) is 17.1 Å². The van der Waals surface area contributed by atoms with Crippen molar-refractivity contribution in [2.24, 2.45) is 0 Å². The average Bonchev–Trinajstić information content (AvgIpc) is 2.89. The second-order valence-corrected chi connectivity index (χ2v) is 9.55. The van der Waals surface area contributed by atoms with Gasteiger partial charge in [-0.1, -0.05) is 42.5 Å². The van der Waals surface area contributed by atoms with Crippen LogP contribution in [0.25, 0.3) is 0 Å². The summed E-state index contributed by atoms with van der Waals surface area (Å²) < 4.78 is 0. The second kappa shape index (κ2) is 11.7. The summed E-state index contributed by atoms with van der Waals surface area (Å²) in [4.78, 5) is 37.8. The predicted octanol–water partition coefficient (Wildman–Crippen LogP) is 3.63. The molecular weight excluding hydrogens is 446 g/mol. The number of anilines is 2. The number of carbonyl (C=O) groups is 2. The van der Waals surface area contributed by atoms with E-state index in [0.717, 1.165) is 30.1 Å². The van der Waals surface area contributed by atoms with Crippen molar-refractivity contribution in [1.29, 1.82) is 0 Å². The summed E-state index contributed by atoms with van der Waals surface area (Å²) in [6, 6.07) is 19.5. The summed E-state index contributed by atoms with van der Waals surface area (Å²) in [5.41, 5.74) is 2.88. The smallest absolute Gasteiger partial charge is 0.237 e. The third-order valence-electron chi connectivity index (χ3n) is 5.76. The fourth-order valence-corrected chi connectivity index (χ4v) is 4.56. The average molecular weight is 476 g/mol. The molecule has 1 unspecified atom stereocenters. The molecule has 0 spiro atoms. The van der Waals surface area contributed by atoms with Crippen LogP contribution in [0, 0.1) is 0 Å². The van der Waals surface area contributed by atoms with Gasteiger partial charge in [-0.05, 0) is 36.2 Å². The molecule has 8 heteroatoms. The fourth-order valence-electron chi connectivity index (χ4n) is 3.72. The van der Waals surface area contributed by atoms with Gasteiger partial charge in [-0.25, -0.2) is 9.97 Å². The number of piperazine rings is 1. The van der Waals surface area contributed by atoms with Crippen molar-refractivity contribution in [3.05, 3.63) is 84.2 Å². The van der Waals surface area contributed by atoms with Crippen LogP contribution < -0.4 is 10.2 Å². The number of carbonyl (C=O) groups excluding carboxylic acids is 2. The predicted molar refractivity (Wildman–Crippen MR) is 137 cm³/mol. The minimum atomic E-state index is -0.165. The molecule has 1 fully saturated rings. The van der Waals surface area contributed by atoms with E-state index in [1.165, 1.54) is 5.56 Å². The number of amides is 2. The largest absolute Gasteiger partial charge is 0.339 e. The Hall–Kier alpha value is -3.39. The van der Waals surface area contributed by atoms with Gasteiger partial charge in [-0.15, -0.1) is 11.8 Å². The Bertz CT molecular complexity index is 1070. The molecular formula is C26H29N5O2S. The van der Waals surface area contributed by atoms with Gasteiger partial charge in [0.2, 0.25) is 17.8 Å². The van der Waals surface area contributed by atoms with Gasteiger partial charge in [0.15, 0.2) is 0 Å². The Morgan fingerprint density at radius 2 is 1.59 bits per heavy atom. The molecule has 1 saturated heterocycles. The van der Waals surface area contributed by atoms with E-state index in [0.29, 0.717) is 25.5 Å². The highest BCUT2D eigenvalue weighted by molar-refractivity contribution is 7.99. The van der Waals surface area contributed by atoms with Gasteiger partial charge in [-0.3, -0.25) is 9.59 Å². The van der Waals surface area contributed by atoms with E-state index in [9.17, 15) is 9.59 Å². The minimum Gasteiger partial charge on any atom is -0.339 e. The van der Waals surface area contributed by atoms with Crippen LogP contribution in [0.2, 0.25) is 0 Å². The lowest BCUT2D eigenvalue weighted by atomic mass is 10.1. The number of rotatable bonds is 8. The second-order valence-electron chi connectivity index (χ2n) is 8.22. The van der Waals surface area contributed by atoms with Crippen molar-refractivity contribution in [2.45, 2.75) is 24.3 Å². The number of aromatic nitrogens is 2. The fraction of sp³-hybridized carbons (Fsp3) is 0.308. The molecule has 2 amide bonds. The molecule has 0 aliphatic carbocycles. The number of thioether (sulfide) groups is 1. The molecule has 2 aromatic carbocycles. The van der Waals surface area contributed by atoms with Crippen LogP contribution in [0.4, 0.5) is 11.6 Å². The first-order valence-corrected chi connectivity index (χ1v) is 12.5. The number of hydrogen-bond acceptors (Lipinski definition) is 6. The molecule has 0 bridgehead atoms. The summed E-state index contributed by atoms with van der Waals surface area (Å²) in [5.74, 6) is 1.59. The van der Waals surface area contributed by atoms with Crippen molar-refractivity contribution in [2.75, 3.05) is 36.4 Å². The standard InChI is InChI=1S/C26H29N5O2S/c1-20(34-19-22-6-3-2-4-7-22)25(33)29-23-10-8-21(9-11-23)18-24(32)30-14-16-31(17-15-30)26-27-12-5-13-28-26/h2-13,20H,14-19H2,1H3,(H,29,33). The lowest BCUT2D eigenvalue weighted by molar-refractivity contribution is -0.130. The lowest BCUT2D eigenvalue weighted by Crippen LogP contribution is -2.49. The monoisotopic (exact) mass is 475 g/mol. The highest BCUT2D eigenvalue weighted by Crippen LogP contribution is 2.20. The minimum absolute atomic E-state index is 0.0231. The van der Waals surface area contributed by atoms with Crippen molar-refractivity contribution in [1.82, 2.24) is 14.9 Å². The maximum atomic E-state index is 12.8. The van der Waals surface area contributed by atoms with E-state index in [1.54, 1.807) is 30.2 Å². The number of nitrogens with one attached hydrogen (secondary N) is 1. The number of benzene rings is 2. The van der Waals surface area contributed by atoms with E-state index in [1.807, 2.05) is 54.3 Å². The quantitative estimate of drug-likeness (QED) is 0.536. The summed E-state index contributed by atoms with van der Waals surface area (Å²) >= 11 is 1.61. The van der Waals surface area contributed by atoms with Gasteiger partial charge in [0, 0.05) is 50.0 Å². The van der Waals surface area contributed by atoms with Gasteiger partial charge >= 0.3 is 0 Å². The van der Waals surface area contributed by atoms with Crippen LogP contribution in [0.5, 0.6) is 0 Å². The zero-order valence-electron chi connectivity index (χ0n) is 19.3. The summed E-state index contributed by atoms with van der Waals surface area (Å²) in [7, 11) is 0. The molecule has 1 aliphatic heterocycles. The van der Waals surface area contributed by atoms with Crippen LogP contribution in [0.3, 0.4) is 0 Å². The molecule has 176 valence electrons. The van der Waals surface area contributed by atoms with Crippen LogP contribution in [-0.4, -0.2) is 58.1 Å². The Morgan fingerprint density at radius 3 is 2.26 bits per heavy atom. The molecule has 1 aromatic heterocycles. The van der Waals surface area contributed by atoms with Crippen molar-refractivity contribution >= 4 is 35.2 Å². The number of hydrogen-bond donors (Lipinski definition) is 1. The van der Waals surface area contributed by atoms with Gasteiger partial charge in [-0.2, -0.15) is 0 Å². The molecule has 3 aromatic rings.